The van der Waals surface area contributed by atoms with E-state index < -0.39 is 0 Å². The summed E-state index contributed by atoms with van der Waals surface area (Å²) < 4.78 is 13.2. The van der Waals surface area contributed by atoms with Gasteiger partial charge in [0.2, 0.25) is 0 Å². The molecule has 0 saturated carbocycles. The summed E-state index contributed by atoms with van der Waals surface area (Å²) in [5.41, 5.74) is 7.35. The van der Waals surface area contributed by atoms with E-state index in [4.69, 9.17) is 26.9 Å². The number of aldehydes is 3. The quantitative estimate of drug-likeness (QED) is 0.0360. The molecule has 0 bridgehead atoms. The Hall–Kier alpha value is -9.47. The van der Waals surface area contributed by atoms with Crippen LogP contribution in [0, 0.1) is 0 Å². The van der Waals surface area contributed by atoms with E-state index in [9.17, 15) is 28.8 Å². The van der Waals surface area contributed by atoms with E-state index in [-0.39, 0.29) is 17.3 Å². The Morgan fingerprint density at radius 3 is 0.553 bits per heavy atom. The number of halogens is 1. The monoisotopic (exact) mass is 1300 g/mol. The Kier molecular flexibility index (Phi) is 89.3. The number of aliphatic hydroxyl groups is 3. The molecule has 12 nitrogen and oxygen atoms in total. The number of rotatable bonds is 16. The molecule has 0 saturated heterocycles. The van der Waals surface area contributed by atoms with Crippen LogP contribution in [0.5, 0.6) is 0 Å². The fourth-order valence-electron chi connectivity index (χ4n) is 5.57. The average molecular weight is 1310 g/mol. The third-order valence-corrected chi connectivity index (χ3v) is 9.64. The highest BCUT2D eigenvalue weighted by molar-refractivity contribution is 6.17. The van der Waals surface area contributed by atoms with Crippen LogP contribution in [0.25, 0.3) is 30.4 Å². The normalized spacial score (nSPS) is 8.84. The number of ether oxygens (including phenoxy) is 3. The number of carbonyl (C=O) groups excluding carboxylic acids is 6. The van der Waals surface area contributed by atoms with Crippen molar-refractivity contribution in [3.63, 3.8) is 0 Å². The number of carbonyl (C=O) groups is 6. The second-order valence-electron chi connectivity index (χ2n) is 15.8. The summed E-state index contributed by atoms with van der Waals surface area (Å²) in [4.78, 5) is 63.8. The topological polar surface area (TPSA) is 191 Å². The molecular formula is C81H105ClO12. The summed E-state index contributed by atoms with van der Waals surface area (Å²) in [6, 6.07) is 76.4. The Morgan fingerprint density at radius 1 is 0.298 bits per heavy atom. The molecule has 508 valence electrons. The van der Waals surface area contributed by atoms with Crippen molar-refractivity contribution >= 4 is 78.2 Å². The van der Waals surface area contributed by atoms with Gasteiger partial charge in [-0.2, -0.15) is 0 Å². The van der Waals surface area contributed by atoms with Crippen molar-refractivity contribution in [2.24, 2.45) is 0 Å². The molecule has 0 heterocycles. The highest BCUT2D eigenvalue weighted by Crippen LogP contribution is 2.06. The molecular weight excluding hydrogens is 1200 g/mol. The minimum absolute atomic E-state index is 0.0114. The second-order valence-corrected chi connectivity index (χ2v) is 16.0. The van der Waals surface area contributed by atoms with Crippen LogP contribution < -0.4 is 0 Å². The fourth-order valence-corrected chi connectivity index (χ4v) is 5.57. The molecule has 13 heteroatoms. The zero-order valence-electron chi connectivity index (χ0n) is 57.9. The van der Waals surface area contributed by atoms with E-state index in [1.54, 1.807) is 95.0 Å². The standard InChI is InChI=1S/2C17H14O.C10H10O.3C7H6O.C3H8O2.C2H5ClO.4C2H6.3CH4O/c2*18-17(13-11-15-7-3-1-4-8-15)14-12-16-9-5-2-6-10-16;1-9(11)7-8-10-5-3-2-4-6-10;3*8-6-7-4-2-1-3-5-7;1-4-3-5-2;1-4-2-3;7*1-2/h2*1-14H;2-8H,1H3;3*1-6H;3H2,1-2H3;2H2,1H3;4*1-2H3;3*2H,1H3/b2*13-11+,14-12+;8-7+;;;;;;;;;;;;. The van der Waals surface area contributed by atoms with Crippen molar-refractivity contribution < 1.29 is 58.3 Å². The first-order valence-corrected chi connectivity index (χ1v) is 30.8. The summed E-state index contributed by atoms with van der Waals surface area (Å²) in [6.07, 6.45) is 19.5. The number of benzene rings is 8. The van der Waals surface area contributed by atoms with Crippen molar-refractivity contribution in [1.29, 1.82) is 0 Å². The molecule has 8 aromatic rings. The zero-order chi connectivity index (χ0) is 72.4. The molecule has 0 radical (unpaired) electrons. The van der Waals surface area contributed by atoms with Gasteiger partial charge in [0.25, 0.3) is 0 Å². The van der Waals surface area contributed by atoms with Gasteiger partial charge >= 0.3 is 0 Å². The largest absolute Gasteiger partial charge is 0.400 e. The maximum Gasteiger partial charge on any atom is 0.178 e. The van der Waals surface area contributed by atoms with E-state index in [0.29, 0.717) is 12.9 Å². The molecule has 8 rings (SSSR count). The fraction of sp³-hybridized carbons (Fsp3) is 0.210. The maximum absolute atomic E-state index is 11.6. The summed E-state index contributed by atoms with van der Waals surface area (Å²) in [5, 5.41) is 21.0. The van der Waals surface area contributed by atoms with Crippen LogP contribution in [0.2, 0.25) is 0 Å². The van der Waals surface area contributed by atoms with Crippen LogP contribution in [-0.4, -0.2) is 107 Å². The van der Waals surface area contributed by atoms with E-state index in [0.717, 1.165) is 84.7 Å². The minimum Gasteiger partial charge on any atom is -0.400 e. The first-order valence-electron chi connectivity index (χ1n) is 30.2. The van der Waals surface area contributed by atoms with Crippen LogP contribution in [-0.2, 0) is 28.6 Å². The van der Waals surface area contributed by atoms with Crippen molar-refractivity contribution in [1.82, 2.24) is 0 Å². The Morgan fingerprint density at radius 2 is 0.447 bits per heavy atom. The highest BCUT2D eigenvalue weighted by Gasteiger charge is 1.92. The van der Waals surface area contributed by atoms with Crippen LogP contribution in [0.3, 0.4) is 0 Å². The number of hydrogen-bond donors (Lipinski definition) is 3. The van der Waals surface area contributed by atoms with Gasteiger partial charge in [-0.3, -0.25) is 28.8 Å². The van der Waals surface area contributed by atoms with Crippen LogP contribution in [0.1, 0.15) is 121 Å². The first-order chi connectivity index (χ1) is 46.1. The lowest BCUT2D eigenvalue weighted by atomic mass is 10.1. The van der Waals surface area contributed by atoms with Gasteiger partial charge in [0.05, 0.1) is 0 Å². The number of aliphatic hydroxyl groups excluding tert-OH is 3. The number of methoxy groups -OCH3 is 3. The van der Waals surface area contributed by atoms with E-state index in [2.05, 4.69) is 14.2 Å². The number of ketones is 3. The first kappa shape index (κ1) is 98.1. The van der Waals surface area contributed by atoms with Crippen molar-refractivity contribution in [3.8, 4) is 0 Å². The molecule has 3 N–H and O–H groups in total. The molecule has 8 aromatic carbocycles. The van der Waals surface area contributed by atoms with Crippen molar-refractivity contribution in [2.45, 2.75) is 62.3 Å². The van der Waals surface area contributed by atoms with Gasteiger partial charge < -0.3 is 29.5 Å². The predicted molar refractivity (Wildman–Crippen MR) is 400 cm³/mol. The Bertz CT molecular complexity index is 2660. The number of allylic oxidation sites excluding steroid dienone is 5. The molecule has 94 heavy (non-hydrogen) atoms. The third-order valence-electron chi connectivity index (χ3n) is 9.42. The lowest BCUT2D eigenvalue weighted by Gasteiger charge is -1.91. The maximum atomic E-state index is 11.6. The Labute approximate surface area is 569 Å². The van der Waals surface area contributed by atoms with Crippen LogP contribution in [0.4, 0.5) is 0 Å². The lowest BCUT2D eigenvalue weighted by Crippen LogP contribution is -1.87. The third kappa shape index (κ3) is 70.0. The van der Waals surface area contributed by atoms with E-state index >= 15 is 0 Å². The van der Waals surface area contributed by atoms with Gasteiger partial charge in [-0.15, -0.1) is 0 Å². The molecule has 0 aliphatic rings. The van der Waals surface area contributed by atoms with E-state index in [1.807, 2.05) is 292 Å². The zero-order valence-corrected chi connectivity index (χ0v) is 58.7. The molecule has 0 aromatic heterocycles. The molecule has 0 unspecified atom stereocenters. The SMILES string of the molecule is CC.CC.CC.CC.CC(=O)/C=C/c1ccccc1.CO.CO.CO.COCCl.COCOC.O=C(/C=C/c1ccccc1)/C=C/c1ccccc1.O=C(/C=C/c1ccccc1)/C=C/c1ccccc1.O=Cc1ccccc1.O=Cc1ccccc1.O=Cc1ccccc1. The van der Waals surface area contributed by atoms with Gasteiger partial charge in [0.15, 0.2) is 17.3 Å². The number of hydrogen-bond acceptors (Lipinski definition) is 12. The molecule has 0 atom stereocenters. The smallest absolute Gasteiger partial charge is 0.178 e. The van der Waals surface area contributed by atoms with Crippen molar-refractivity contribution in [3.05, 3.63) is 318 Å². The Balaban J connectivity index is -0.000000185. The second kappa shape index (κ2) is 85.6. The molecule has 0 spiro atoms. The van der Waals surface area contributed by atoms with Gasteiger partial charge in [0.1, 0.15) is 31.7 Å². The average Bonchev–Trinajstić information content (AvgIpc) is 3.58. The molecule has 0 aliphatic carbocycles. The molecule has 0 fully saturated rings. The molecule has 0 amide bonds. The van der Waals surface area contributed by atoms with Gasteiger partial charge in [0, 0.05) is 59.3 Å². The minimum atomic E-state index is -0.0114. The number of alkyl halides is 1. The van der Waals surface area contributed by atoms with Gasteiger partial charge in [-0.25, -0.2) is 0 Å². The predicted octanol–water partition coefficient (Wildman–Crippen LogP) is 18.7. The summed E-state index contributed by atoms with van der Waals surface area (Å²) in [6.45, 7) is 17.9. The summed E-state index contributed by atoms with van der Waals surface area (Å²) in [5.74, 6) is 0.0549. The van der Waals surface area contributed by atoms with E-state index in [1.165, 1.54) is 0 Å². The summed E-state index contributed by atoms with van der Waals surface area (Å²) >= 11 is 4.96. The summed E-state index contributed by atoms with van der Waals surface area (Å²) in [7, 11) is 7.72. The van der Waals surface area contributed by atoms with Gasteiger partial charge in [-0.1, -0.05) is 340 Å². The highest BCUT2D eigenvalue weighted by atomic mass is 35.5. The van der Waals surface area contributed by atoms with Crippen LogP contribution >= 0.6 is 11.6 Å². The van der Waals surface area contributed by atoms with Crippen LogP contribution in [0.15, 0.2) is 273 Å². The molecule has 0 aliphatic heterocycles. The van der Waals surface area contributed by atoms with Crippen molar-refractivity contribution in [2.75, 3.05) is 55.5 Å². The lowest BCUT2D eigenvalue weighted by molar-refractivity contribution is -0.113. The van der Waals surface area contributed by atoms with Gasteiger partial charge in [-0.05, 0) is 65.1 Å².